The van der Waals surface area contributed by atoms with Crippen molar-refractivity contribution in [3.63, 3.8) is 0 Å². The standard InChI is InChI=1S/C16H24F2N2O2/c1-3-5-12(8-9-21)10-19-16(22)20-11(2)13-6-4-7-14(17)15(13)18/h4,6-7,11-12,21H,3,5,8-10H2,1-2H3,(H2,19,20,22). The summed E-state index contributed by atoms with van der Waals surface area (Å²) in [7, 11) is 0. The average molecular weight is 314 g/mol. The van der Waals surface area contributed by atoms with Crippen LogP contribution in [0.1, 0.15) is 44.7 Å². The van der Waals surface area contributed by atoms with E-state index in [0.717, 1.165) is 18.9 Å². The summed E-state index contributed by atoms with van der Waals surface area (Å²) in [4.78, 5) is 11.8. The number of aliphatic hydroxyl groups excluding tert-OH is 1. The molecule has 1 aromatic carbocycles. The molecule has 2 unspecified atom stereocenters. The maximum absolute atomic E-state index is 13.6. The van der Waals surface area contributed by atoms with Crippen molar-refractivity contribution in [2.24, 2.45) is 5.92 Å². The largest absolute Gasteiger partial charge is 0.396 e. The maximum Gasteiger partial charge on any atom is 0.315 e. The number of amides is 2. The number of nitrogens with one attached hydrogen (secondary N) is 2. The van der Waals surface area contributed by atoms with Crippen LogP contribution in [0, 0.1) is 17.6 Å². The van der Waals surface area contributed by atoms with E-state index in [-0.39, 0.29) is 18.1 Å². The molecule has 2 atom stereocenters. The molecule has 0 saturated carbocycles. The van der Waals surface area contributed by atoms with Crippen LogP contribution in [-0.2, 0) is 0 Å². The molecule has 2 amide bonds. The number of rotatable bonds is 8. The number of carbonyl (C=O) groups is 1. The van der Waals surface area contributed by atoms with Crippen molar-refractivity contribution in [3.05, 3.63) is 35.4 Å². The Balaban J connectivity index is 2.52. The summed E-state index contributed by atoms with van der Waals surface area (Å²) in [6, 6.07) is 2.81. The fourth-order valence-electron chi connectivity index (χ4n) is 2.36. The lowest BCUT2D eigenvalue weighted by atomic mass is 10.0. The Morgan fingerprint density at radius 2 is 2.05 bits per heavy atom. The van der Waals surface area contributed by atoms with Gasteiger partial charge in [0.1, 0.15) is 0 Å². The van der Waals surface area contributed by atoms with Gasteiger partial charge in [-0.25, -0.2) is 13.6 Å². The molecule has 0 aliphatic heterocycles. The summed E-state index contributed by atoms with van der Waals surface area (Å²) in [5.74, 6) is -1.67. The van der Waals surface area contributed by atoms with Gasteiger partial charge in [0.25, 0.3) is 0 Å². The molecule has 0 fully saturated rings. The van der Waals surface area contributed by atoms with E-state index in [9.17, 15) is 13.6 Å². The van der Waals surface area contributed by atoms with Crippen molar-refractivity contribution < 1.29 is 18.7 Å². The highest BCUT2D eigenvalue weighted by Crippen LogP contribution is 2.18. The number of hydrogen-bond donors (Lipinski definition) is 3. The van der Waals surface area contributed by atoms with Crippen LogP contribution in [0.4, 0.5) is 13.6 Å². The molecule has 0 saturated heterocycles. The van der Waals surface area contributed by atoms with Crippen molar-refractivity contribution in [2.75, 3.05) is 13.2 Å². The zero-order valence-electron chi connectivity index (χ0n) is 13.0. The van der Waals surface area contributed by atoms with E-state index in [1.807, 2.05) is 6.92 Å². The minimum Gasteiger partial charge on any atom is -0.396 e. The van der Waals surface area contributed by atoms with Crippen LogP contribution in [0.25, 0.3) is 0 Å². The zero-order chi connectivity index (χ0) is 16.5. The second-order valence-corrected chi connectivity index (χ2v) is 5.39. The van der Waals surface area contributed by atoms with Crippen LogP contribution < -0.4 is 10.6 Å². The van der Waals surface area contributed by atoms with Crippen molar-refractivity contribution in [2.45, 2.75) is 39.2 Å². The lowest BCUT2D eigenvalue weighted by Gasteiger charge is -2.19. The Hall–Kier alpha value is -1.69. The van der Waals surface area contributed by atoms with E-state index < -0.39 is 23.7 Å². The molecule has 6 heteroatoms. The summed E-state index contributed by atoms with van der Waals surface area (Å²) in [5.41, 5.74) is 0.107. The van der Waals surface area contributed by atoms with E-state index in [1.54, 1.807) is 6.92 Å². The molecule has 124 valence electrons. The zero-order valence-corrected chi connectivity index (χ0v) is 13.0. The van der Waals surface area contributed by atoms with Crippen molar-refractivity contribution in [1.29, 1.82) is 0 Å². The minimum atomic E-state index is -0.945. The highest BCUT2D eigenvalue weighted by Gasteiger charge is 2.16. The molecular weight excluding hydrogens is 290 g/mol. The third-order valence-electron chi connectivity index (χ3n) is 3.58. The summed E-state index contributed by atoms with van der Waals surface area (Å²) in [5, 5.41) is 14.3. The van der Waals surface area contributed by atoms with Gasteiger partial charge in [-0.2, -0.15) is 0 Å². The number of hydrogen-bond acceptors (Lipinski definition) is 2. The van der Waals surface area contributed by atoms with Crippen molar-refractivity contribution >= 4 is 6.03 Å². The van der Waals surface area contributed by atoms with Gasteiger partial charge in [0.2, 0.25) is 0 Å². The van der Waals surface area contributed by atoms with E-state index in [2.05, 4.69) is 10.6 Å². The molecule has 0 radical (unpaired) electrons. The third kappa shape index (κ3) is 5.60. The van der Waals surface area contributed by atoms with Crippen molar-refractivity contribution in [3.8, 4) is 0 Å². The molecule has 1 rings (SSSR count). The Morgan fingerprint density at radius 1 is 1.32 bits per heavy atom. The molecule has 1 aromatic rings. The van der Waals surface area contributed by atoms with E-state index in [1.165, 1.54) is 12.1 Å². The Morgan fingerprint density at radius 3 is 2.68 bits per heavy atom. The molecular formula is C16H24F2N2O2. The summed E-state index contributed by atoms with van der Waals surface area (Å²) < 4.78 is 26.8. The first-order chi connectivity index (χ1) is 10.5. The van der Waals surface area contributed by atoms with Crippen LogP contribution in [0.3, 0.4) is 0 Å². The van der Waals surface area contributed by atoms with Crippen LogP contribution in [-0.4, -0.2) is 24.3 Å². The predicted octanol–water partition coefficient (Wildman–Crippen LogP) is 3.12. The third-order valence-corrected chi connectivity index (χ3v) is 3.58. The molecule has 0 aromatic heterocycles. The minimum absolute atomic E-state index is 0.0822. The van der Waals surface area contributed by atoms with E-state index >= 15 is 0 Å². The van der Waals surface area contributed by atoms with Crippen molar-refractivity contribution in [1.82, 2.24) is 10.6 Å². The summed E-state index contributed by atoms with van der Waals surface area (Å²) in [6.07, 6.45) is 2.51. The van der Waals surface area contributed by atoms with Gasteiger partial charge < -0.3 is 15.7 Å². The van der Waals surface area contributed by atoms with Crippen LogP contribution >= 0.6 is 0 Å². The van der Waals surface area contributed by atoms with Gasteiger partial charge >= 0.3 is 6.03 Å². The number of benzene rings is 1. The van der Waals surface area contributed by atoms with E-state index in [4.69, 9.17) is 5.11 Å². The van der Waals surface area contributed by atoms with Gasteiger partial charge in [-0.05, 0) is 31.7 Å². The molecule has 0 bridgehead atoms. The molecule has 0 aliphatic rings. The number of aliphatic hydroxyl groups is 1. The second-order valence-electron chi connectivity index (χ2n) is 5.39. The number of halogens is 2. The SMILES string of the molecule is CCCC(CCO)CNC(=O)NC(C)c1cccc(F)c1F. The first-order valence-electron chi connectivity index (χ1n) is 7.58. The molecule has 0 heterocycles. The highest BCUT2D eigenvalue weighted by atomic mass is 19.2. The van der Waals surface area contributed by atoms with Gasteiger partial charge in [0.05, 0.1) is 6.04 Å². The van der Waals surface area contributed by atoms with Crippen LogP contribution in [0.15, 0.2) is 18.2 Å². The monoisotopic (exact) mass is 314 g/mol. The Kier molecular flexibility index (Phi) is 7.80. The van der Waals surface area contributed by atoms with Gasteiger partial charge in [-0.15, -0.1) is 0 Å². The first-order valence-corrected chi connectivity index (χ1v) is 7.58. The predicted molar refractivity (Wildman–Crippen MR) is 81.4 cm³/mol. The van der Waals surface area contributed by atoms with Gasteiger partial charge in [-0.3, -0.25) is 0 Å². The fourth-order valence-corrected chi connectivity index (χ4v) is 2.36. The maximum atomic E-state index is 13.6. The fraction of sp³-hybridized carbons (Fsp3) is 0.562. The van der Waals surface area contributed by atoms with Crippen LogP contribution in [0.5, 0.6) is 0 Å². The lowest BCUT2D eigenvalue weighted by Crippen LogP contribution is -2.39. The summed E-state index contributed by atoms with van der Waals surface area (Å²) in [6.45, 7) is 4.16. The van der Waals surface area contributed by atoms with Gasteiger partial charge in [0, 0.05) is 18.7 Å². The molecule has 4 nitrogen and oxygen atoms in total. The molecule has 0 spiro atoms. The number of urea groups is 1. The van der Waals surface area contributed by atoms with E-state index in [0.29, 0.717) is 13.0 Å². The molecule has 0 aliphatic carbocycles. The average Bonchev–Trinajstić information content (AvgIpc) is 2.48. The smallest absolute Gasteiger partial charge is 0.315 e. The summed E-state index contributed by atoms with van der Waals surface area (Å²) >= 11 is 0. The Labute approximate surface area is 129 Å². The quantitative estimate of drug-likeness (QED) is 0.690. The lowest BCUT2D eigenvalue weighted by molar-refractivity contribution is 0.227. The first kappa shape index (κ1) is 18.4. The molecule has 22 heavy (non-hydrogen) atoms. The molecule has 3 N–H and O–H groups in total. The second kappa shape index (κ2) is 9.35. The highest BCUT2D eigenvalue weighted by molar-refractivity contribution is 5.74. The Bertz CT molecular complexity index is 477. The number of carbonyl (C=O) groups excluding carboxylic acids is 1. The van der Waals surface area contributed by atoms with Gasteiger partial charge in [0.15, 0.2) is 11.6 Å². The normalized spacial score (nSPS) is 13.5. The van der Waals surface area contributed by atoms with Crippen LogP contribution in [0.2, 0.25) is 0 Å². The van der Waals surface area contributed by atoms with Gasteiger partial charge in [-0.1, -0.05) is 25.5 Å². The topological polar surface area (TPSA) is 61.4 Å².